The monoisotopic (exact) mass is 282 g/mol. The van der Waals surface area contributed by atoms with Gasteiger partial charge in [0.25, 0.3) is 0 Å². The van der Waals surface area contributed by atoms with Crippen molar-refractivity contribution in [2.45, 2.75) is 58.4 Å². The average molecular weight is 282 g/mol. The van der Waals surface area contributed by atoms with Gasteiger partial charge in [-0.1, -0.05) is 26.7 Å². The van der Waals surface area contributed by atoms with E-state index in [-0.39, 0.29) is 0 Å². The van der Waals surface area contributed by atoms with E-state index >= 15 is 0 Å². The van der Waals surface area contributed by atoms with Crippen molar-refractivity contribution in [3.05, 3.63) is 18.7 Å². The maximum absolute atomic E-state index is 5.77. The van der Waals surface area contributed by atoms with Crippen LogP contribution in [0, 0.1) is 0 Å². The third kappa shape index (κ3) is 7.65. The molecule has 0 bridgehead atoms. The molecular weight excluding hydrogens is 252 g/mol. The summed E-state index contributed by atoms with van der Waals surface area (Å²) in [6.45, 7) is 7.73. The lowest BCUT2D eigenvalue weighted by atomic mass is 10.1. The summed E-state index contributed by atoms with van der Waals surface area (Å²) < 4.78 is 13.5. The first-order valence-corrected chi connectivity index (χ1v) is 8.01. The Hall–Kier alpha value is -0.870. The van der Waals surface area contributed by atoms with E-state index in [0.29, 0.717) is 6.04 Å². The predicted octanol–water partition coefficient (Wildman–Crippen LogP) is 3.84. The molecule has 0 N–H and O–H groups in total. The minimum Gasteiger partial charge on any atom is -0.381 e. The highest BCUT2D eigenvalue weighted by Crippen LogP contribution is 2.14. The van der Waals surface area contributed by atoms with E-state index in [2.05, 4.69) is 23.4 Å². The minimum atomic E-state index is 0.379. The summed E-state index contributed by atoms with van der Waals surface area (Å²) in [7, 11) is 0. The van der Waals surface area contributed by atoms with Gasteiger partial charge in [-0.3, -0.25) is 0 Å². The van der Waals surface area contributed by atoms with Crippen LogP contribution in [0.25, 0.3) is 0 Å². The van der Waals surface area contributed by atoms with Crippen LogP contribution in [0.5, 0.6) is 0 Å². The van der Waals surface area contributed by atoms with Crippen LogP contribution >= 0.6 is 0 Å². The standard InChI is InChI=1S/C16H30N2O2/c1-3-5-11-19-13-7-8-16(14-20-12-6-4-2)18-10-9-17-15-18/h9-10,15-16H,3-8,11-14H2,1-2H3/t16-/m0/s1. The van der Waals surface area contributed by atoms with Gasteiger partial charge in [0.05, 0.1) is 19.0 Å². The van der Waals surface area contributed by atoms with Gasteiger partial charge in [0.15, 0.2) is 0 Å². The van der Waals surface area contributed by atoms with Gasteiger partial charge < -0.3 is 14.0 Å². The van der Waals surface area contributed by atoms with Crippen LogP contribution in [0.4, 0.5) is 0 Å². The highest BCUT2D eigenvalue weighted by molar-refractivity contribution is 4.80. The van der Waals surface area contributed by atoms with Crippen molar-refractivity contribution in [2.75, 3.05) is 26.4 Å². The molecule has 1 rings (SSSR count). The van der Waals surface area contributed by atoms with Crippen molar-refractivity contribution in [3.63, 3.8) is 0 Å². The fourth-order valence-electron chi connectivity index (χ4n) is 2.04. The Bertz CT molecular complexity index is 301. The van der Waals surface area contributed by atoms with Crippen LogP contribution in [0.3, 0.4) is 0 Å². The Morgan fingerprint density at radius 3 is 2.35 bits per heavy atom. The van der Waals surface area contributed by atoms with Gasteiger partial charge in [-0.05, 0) is 25.7 Å². The fourth-order valence-corrected chi connectivity index (χ4v) is 2.04. The number of hydrogen-bond donors (Lipinski definition) is 0. The molecule has 0 aromatic carbocycles. The number of imidazole rings is 1. The lowest BCUT2D eigenvalue weighted by Crippen LogP contribution is -2.15. The molecule has 0 amide bonds. The second kappa shape index (κ2) is 11.9. The molecule has 0 saturated carbocycles. The van der Waals surface area contributed by atoms with Crippen molar-refractivity contribution in [2.24, 2.45) is 0 Å². The van der Waals surface area contributed by atoms with Gasteiger partial charge in [-0.2, -0.15) is 0 Å². The Morgan fingerprint density at radius 2 is 1.70 bits per heavy atom. The van der Waals surface area contributed by atoms with Crippen molar-refractivity contribution >= 4 is 0 Å². The van der Waals surface area contributed by atoms with Crippen LogP contribution in [-0.2, 0) is 9.47 Å². The Balaban J connectivity index is 2.21. The number of nitrogens with zero attached hydrogens (tertiary/aromatic N) is 2. The normalized spacial score (nSPS) is 12.7. The van der Waals surface area contributed by atoms with Gasteiger partial charge in [-0.15, -0.1) is 0 Å². The molecule has 0 aliphatic rings. The zero-order valence-corrected chi connectivity index (χ0v) is 13.1. The van der Waals surface area contributed by atoms with Crippen LogP contribution in [0.1, 0.15) is 58.4 Å². The smallest absolute Gasteiger partial charge is 0.0949 e. The summed E-state index contributed by atoms with van der Waals surface area (Å²) in [5.41, 5.74) is 0. The van der Waals surface area contributed by atoms with Crippen molar-refractivity contribution in [1.82, 2.24) is 9.55 Å². The summed E-state index contributed by atoms with van der Waals surface area (Å²) in [6.07, 6.45) is 12.6. The Morgan fingerprint density at radius 1 is 1.00 bits per heavy atom. The third-order valence-corrected chi connectivity index (χ3v) is 3.37. The molecule has 116 valence electrons. The number of rotatable bonds is 13. The van der Waals surface area contributed by atoms with Crippen LogP contribution in [-0.4, -0.2) is 36.0 Å². The minimum absolute atomic E-state index is 0.379. The molecule has 0 saturated heterocycles. The summed E-state index contributed by atoms with van der Waals surface area (Å²) in [5.74, 6) is 0. The zero-order valence-electron chi connectivity index (χ0n) is 13.1. The molecule has 4 nitrogen and oxygen atoms in total. The first-order valence-electron chi connectivity index (χ1n) is 8.01. The molecule has 1 aromatic heterocycles. The molecule has 1 atom stereocenters. The van der Waals surface area contributed by atoms with E-state index in [1.54, 1.807) is 0 Å². The molecule has 20 heavy (non-hydrogen) atoms. The van der Waals surface area contributed by atoms with Crippen LogP contribution in [0.15, 0.2) is 18.7 Å². The van der Waals surface area contributed by atoms with E-state index < -0.39 is 0 Å². The summed E-state index contributed by atoms with van der Waals surface area (Å²) in [4.78, 5) is 4.13. The van der Waals surface area contributed by atoms with Gasteiger partial charge in [0.1, 0.15) is 0 Å². The maximum atomic E-state index is 5.77. The molecular formula is C16H30N2O2. The fraction of sp³-hybridized carbons (Fsp3) is 0.812. The van der Waals surface area contributed by atoms with Gasteiger partial charge in [0.2, 0.25) is 0 Å². The van der Waals surface area contributed by atoms with E-state index in [1.165, 1.54) is 12.8 Å². The van der Waals surface area contributed by atoms with Gasteiger partial charge >= 0.3 is 0 Å². The number of ether oxygens (including phenoxy) is 2. The number of hydrogen-bond acceptors (Lipinski definition) is 3. The molecule has 0 radical (unpaired) electrons. The molecule has 4 heteroatoms. The molecule has 0 unspecified atom stereocenters. The molecule has 0 aliphatic heterocycles. The molecule has 0 aliphatic carbocycles. The molecule has 0 spiro atoms. The average Bonchev–Trinajstić information content (AvgIpc) is 2.99. The quantitative estimate of drug-likeness (QED) is 0.516. The lowest BCUT2D eigenvalue weighted by Gasteiger charge is -2.18. The first kappa shape index (κ1) is 17.2. The number of unbranched alkanes of at least 4 members (excludes halogenated alkanes) is 2. The van der Waals surface area contributed by atoms with Gasteiger partial charge in [-0.25, -0.2) is 4.98 Å². The van der Waals surface area contributed by atoms with Crippen LogP contribution in [0.2, 0.25) is 0 Å². The van der Waals surface area contributed by atoms with E-state index in [1.807, 2.05) is 18.7 Å². The SMILES string of the molecule is CCCCOCCC[C@@H](COCCCC)n1ccnc1. The first-order chi connectivity index (χ1) is 9.88. The van der Waals surface area contributed by atoms with Crippen molar-refractivity contribution in [1.29, 1.82) is 0 Å². The van der Waals surface area contributed by atoms with E-state index in [0.717, 1.165) is 52.1 Å². The second-order valence-corrected chi connectivity index (χ2v) is 5.20. The third-order valence-electron chi connectivity index (χ3n) is 3.37. The van der Waals surface area contributed by atoms with Crippen molar-refractivity contribution in [3.8, 4) is 0 Å². The Labute approximate surface area is 123 Å². The van der Waals surface area contributed by atoms with Crippen LogP contribution < -0.4 is 0 Å². The van der Waals surface area contributed by atoms with Crippen molar-refractivity contribution < 1.29 is 9.47 Å². The predicted molar refractivity (Wildman–Crippen MR) is 82.0 cm³/mol. The lowest BCUT2D eigenvalue weighted by molar-refractivity contribution is 0.0861. The maximum Gasteiger partial charge on any atom is 0.0949 e. The summed E-state index contributed by atoms with van der Waals surface area (Å²) >= 11 is 0. The Kier molecular flexibility index (Phi) is 10.2. The molecule has 1 heterocycles. The second-order valence-electron chi connectivity index (χ2n) is 5.20. The topological polar surface area (TPSA) is 36.3 Å². The summed E-state index contributed by atoms with van der Waals surface area (Å²) in [6, 6.07) is 0.379. The largest absolute Gasteiger partial charge is 0.381 e. The summed E-state index contributed by atoms with van der Waals surface area (Å²) in [5, 5.41) is 0. The van der Waals surface area contributed by atoms with E-state index in [4.69, 9.17) is 9.47 Å². The highest BCUT2D eigenvalue weighted by Gasteiger charge is 2.10. The van der Waals surface area contributed by atoms with E-state index in [9.17, 15) is 0 Å². The van der Waals surface area contributed by atoms with Gasteiger partial charge in [0, 0.05) is 32.2 Å². The zero-order chi connectivity index (χ0) is 14.5. The number of aromatic nitrogens is 2. The molecule has 0 fully saturated rings. The molecule has 1 aromatic rings. The highest BCUT2D eigenvalue weighted by atomic mass is 16.5.